The maximum Gasteiger partial charge on any atom is 0.0599 e. The van der Waals surface area contributed by atoms with Crippen LogP contribution in [0.2, 0.25) is 0 Å². The SMILES string of the molecule is Cc1cncc(CN2CCC(OCCBr)CC2)c1. The summed E-state index contributed by atoms with van der Waals surface area (Å²) in [6.07, 6.45) is 6.62. The van der Waals surface area contributed by atoms with E-state index in [9.17, 15) is 0 Å². The minimum absolute atomic E-state index is 0.453. The summed E-state index contributed by atoms with van der Waals surface area (Å²) in [4.78, 5) is 6.74. The highest BCUT2D eigenvalue weighted by Crippen LogP contribution is 2.16. The van der Waals surface area contributed by atoms with E-state index in [2.05, 4.69) is 38.8 Å². The average Bonchev–Trinajstić information content (AvgIpc) is 2.38. The van der Waals surface area contributed by atoms with Crippen LogP contribution in [0.25, 0.3) is 0 Å². The second kappa shape index (κ2) is 7.22. The average molecular weight is 313 g/mol. The summed E-state index contributed by atoms with van der Waals surface area (Å²) in [5.41, 5.74) is 2.55. The van der Waals surface area contributed by atoms with Crippen molar-refractivity contribution in [1.82, 2.24) is 9.88 Å². The summed E-state index contributed by atoms with van der Waals surface area (Å²) in [7, 11) is 0. The molecule has 0 atom stereocenters. The molecule has 0 saturated carbocycles. The molecule has 0 spiro atoms. The lowest BCUT2D eigenvalue weighted by molar-refractivity contribution is 0.0141. The van der Waals surface area contributed by atoms with Crippen molar-refractivity contribution in [2.75, 3.05) is 25.0 Å². The number of alkyl halides is 1. The molecule has 3 nitrogen and oxygen atoms in total. The van der Waals surface area contributed by atoms with Gasteiger partial charge in [-0.1, -0.05) is 22.0 Å². The van der Waals surface area contributed by atoms with E-state index in [1.54, 1.807) is 0 Å². The van der Waals surface area contributed by atoms with E-state index in [4.69, 9.17) is 4.74 Å². The molecule has 0 amide bonds. The number of halogens is 1. The number of nitrogens with zero attached hydrogens (tertiary/aromatic N) is 2. The number of piperidine rings is 1. The third-order valence-electron chi connectivity index (χ3n) is 3.30. The molecule has 1 aromatic rings. The monoisotopic (exact) mass is 312 g/mol. The van der Waals surface area contributed by atoms with Gasteiger partial charge in [0.15, 0.2) is 0 Å². The topological polar surface area (TPSA) is 25.4 Å². The van der Waals surface area contributed by atoms with E-state index in [0.29, 0.717) is 6.10 Å². The first-order valence-electron chi connectivity index (χ1n) is 6.58. The number of aromatic nitrogens is 1. The largest absolute Gasteiger partial charge is 0.377 e. The molecule has 1 fully saturated rings. The minimum Gasteiger partial charge on any atom is -0.377 e. The fourth-order valence-electron chi connectivity index (χ4n) is 2.41. The highest BCUT2D eigenvalue weighted by atomic mass is 79.9. The molecule has 2 heterocycles. The third kappa shape index (κ3) is 4.34. The maximum absolute atomic E-state index is 5.76. The molecule has 0 aromatic carbocycles. The Morgan fingerprint density at radius 3 is 2.83 bits per heavy atom. The van der Waals surface area contributed by atoms with Gasteiger partial charge in [0.05, 0.1) is 12.7 Å². The van der Waals surface area contributed by atoms with Crippen LogP contribution in [0.15, 0.2) is 18.5 Å². The maximum atomic E-state index is 5.76. The van der Waals surface area contributed by atoms with Crippen LogP contribution in [0.5, 0.6) is 0 Å². The second-order valence-electron chi connectivity index (χ2n) is 4.91. The van der Waals surface area contributed by atoms with Gasteiger partial charge < -0.3 is 4.74 Å². The van der Waals surface area contributed by atoms with Crippen molar-refractivity contribution in [1.29, 1.82) is 0 Å². The number of aryl methyl sites for hydroxylation is 1. The molecule has 0 bridgehead atoms. The van der Waals surface area contributed by atoms with Gasteiger partial charge in [-0.25, -0.2) is 0 Å². The first-order chi connectivity index (χ1) is 8.78. The first-order valence-corrected chi connectivity index (χ1v) is 7.70. The summed E-state index contributed by atoms with van der Waals surface area (Å²) in [5, 5.41) is 0.933. The van der Waals surface area contributed by atoms with E-state index < -0.39 is 0 Å². The Hall–Kier alpha value is -0.450. The van der Waals surface area contributed by atoms with Crippen molar-refractivity contribution < 1.29 is 4.74 Å². The normalized spacial score (nSPS) is 18.1. The predicted molar refractivity (Wildman–Crippen MR) is 77.0 cm³/mol. The number of likely N-dealkylation sites (tertiary alicyclic amines) is 1. The van der Waals surface area contributed by atoms with Crippen molar-refractivity contribution in [3.8, 4) is 0 Å². The zero-order valence-electron chi connectivity index (χ0n) is 10.9. The molecule has 4 heteroatoms. The minimum atomic E-state index is 0.453. The molecule has 0 N–H and O–H groups in total. The van der Waals surface area contributed by atoms with Crippen LogP contribution in [0.3, 0.4) is 0 Å². The van der Waals surface area contributed by atoms with Crippen LogP contribution >= 0.6 is 15.9 Å². The van der Waals surface area contributed by atoms with Crippen LogP contribution in [0.4, 0.5) is 0 Å². The summed E-state index contributed by atoms with van der Waals surface area (Å²) in [6.45, 7) is 6.19. The summed E-state index contributed by atoms with van der Waals surface area (Å²) in [6, 6.07) is 2.22. The lowest BCUT2D eigenvalue weighted by atomic mass is 10.1. The molecule has 1 saturated heterocycles. The number of hydrogen-bond donors (Lipinski definition) is 0. The highest BCUT2D eigenvalue weighted by Gasteiger charge is 2.19. The van der Waals surface area contributed by atoms with Gasteiger partial charge in [0.2, 0.25) is 0 Å². The lowest BCUT2D eigenvalue weighted by Crippen LogP contribution is -2.36. The van der Waals surface area contributed by atoms with E-state index in [0.717, 1.165) is 44.4 Å². The van der Waals surface area contributed by atoms with Crippen LogP contribution in [-0.4, -0.2) is 41.0 Å². The third-order valence-corrected chi connectivity index (χ3v) is 3.63. The Bertz CT molecular complexity index is 365. The summed E-state index contributed by atoms with van der Waals surface area (Å²) < 4.78 is 5.76. The quantitative estimate of drug-likeness (QED) is 0.782. The first kappa shape index (κ1) is 14.0. The van der Waals surface area contributed by atoms with Crippen molar-refractivity contribution >= 4 is 15.9 Å². The van der Waals surface area contributed by atoms with Crippen LogP contribution < -0.4 is 0 Å². The van der Waals surface area contributed by atoms with Gasteiger partial charge >= 0.3 is 0 Å². The van der Waals surface area contributed by atoms with Crippen molar-refractivity contribution in [2.24, 2.45) is 0 Å². The molecule has 0 unspecified atom stereocenters. The van der Waals surface area contributed by atoms with Crippen molar-refractivity contribution in [3.63, 3.8) is 0 Å². The Kier molecular flexibility index (Phi) is 5.60. The van der Waals surface area contributed by atoms with Gasteiger partial charge in [-0.15, -0.1) is 0 Å². The zero-order chi connectivity index (χ0) is 12.8. The second-order valence-corrected chi connectivity index (χ2v) is 5.70. The van der Waals surface area contributed by atoms with Gasteiger partial charge in [0.25, 0.3) is 0 Å². The van der Waals surface area contributed by atoms with Crippen LogP contribution in [-0.2, 0) is 11.3 Å². The Morgan fingerprint density at radius 1 is 1.39 bits per heavy atom. The summed E-state index contributed by atoms with van der Waals surface area (Å²) in [5.74, 6) is 0. The van der Waals surface area contributed by atoms with Gasteiger partial charge in [0, 0.05) is 37.4 Å². The van der Waals surface area contributed by atoms with Crippen LogP contribution in [0.1, 0.15) is 24.0 Å². The number of ether oxygens (including phenoxy) is 1. The van der Waals surface area contributed by atoms with Crippen molar-refractivity contribution in [3.05, 3.63) is 29.6 Å². The number of hydrogen-bond acceptors (Lipinski definition) is 3. The fourth-order valence-corrected chi connectivity index (χ4v) is 2.59. The number of rotatable bonds is 5. The molecular weight excluding hydrogens is 292 g/mol. The van der Waals surface area contributed by atoms with E-state index in [1.165, 1.54) is 11.1 Å². The van der Waals surface area contributed by atoms with E-state index in [-0.39, 0.29) is 0 Å². The molecular formula is C14H21BrN2O. The van der Waals surface area contributed by atoms with E-state index >= 15 is 0 Å². The zero-order valence-corrected chi connectivity index (χ0v) is 12.5. The molecule has 0 radical (unpaired) electrons. The molecule has 1 aromatic heterocycles. The number of pyridine rings is 1. The van der Waals surface area contributed by atoms with Crippen molar-refractivity contribution in [2.45, 2.75) is 32.4 Å². The smallest absolute Gasteiger partial charge is 0.0599 e. The Labute approximate surface area is 118 Å². The van der Waals surface area contributed by atoms with Gasteiger partial charge in [-0.05, 0) is 30.9 Å². The highest BCUT2D eigenvalue weighted by molar-refractivity contribution is 9.09. The molecule has 2 rings (SSSR count). The molecule has 1 aliphatic heterocycles. The predicted octanol–water partition coefficient (Wildman–Crippen LogP) is 2.77. The standard InChI is InChI=1S/C14H21BrN2O/c1-12-8-13(10-16-9-12)11-17-5-2-14(3-6-17)18-7-4-15/h8-10,14H,2-7,11H2,1H3. The molecule has 100 valence electrons. The Balaban J connectivity index is 1.76. The van der Waals surface area contributed by atoms with E-state index in [1.807, 2.05) is 12.4 Å². The van der Waals surface area contributed by atoms with Gasteiger partial charge in [-0.2, -0.15) is 0 Å². The fraction of sp³-hybridized carbons (Fsp3) is 0.643. The summed E-state index contributed by atoms with van der Waals surface area (Å²) >= 11 is 3.40. The Morgan fingerprint density at radius 2 is 2.17 bits per heavy atom. The van der Waals surface area contributed by atoms with Crippen LogP contribution in [0, 0.1) is 6.92 Å². The van der Waals surface area contributed by atoms with Gasteiger partial charge in [-0.3, -0.25) is 9.88 Å². The van der Waals surface area contributed by atoms with Gasteiger partial charge in [0.1, 0.15) is 0 Å². The molecule has 18 heavy (non-hydrogen) atoms. The molecule has 1 aliphatic rings. The molecule has 0 aliphatic carbocycles. The lowest BCUT2D eigenvalue weighted by Gasteiger charge is -2.31.